The fraction of sp³-hybridized carbons (Fsp3) is 0.211. The fourth-order valence-corrected chi connectivity index (χ4v) is 6.12. The minimum absolute atomic E-state index is 0.406. The Kier molecular flexibility index (Phi) is 8.13. The summed E-state index contributed by atoms with van der Waals surface area (Å²) < 4.78 is 0. The molecule has 1 aliphatic carbocycles. The molecule has 6 aromatic heterocycles. The third-order valence-corrected chi connectivity index (χ3v) is 8.62. The van der Waals surface area contributed by atoms with E-state index in [-0.39, 0.29) is 0 Å². The van der Waals surface area contributed by atoms with E-state index in [9.17, 15) is 10.2 Å². The van der Waals surface area contributed by atoms with Gasteiger partial charge in [-0.05, 0) is 98.5 Å². The average molecular weight is 607 g/mol. The number of aromatic nitrogens is 6. The number of aliphatic hydroxyl groups is 2. The van der Waals surface area contributed by atoms with Crippen LogP contribution in [0.15, 0.2) is 122 Å². The summed E-state index contributed by atoms with van der Waals surface area (Å²) in [6.45, 7) is 0. The second-order valence-corrected chi connectivity index (χ2v) is 12.1. The maximum absolute atomic E-state index is 11.6. The molecule has 0 aliphatic heterocycles. The third-order valence-electron chi connectivity index (χ3n) is 8.62. The van der Waals surface area contributed by atoms with Crippen LogP contribution in [-0.2, 0) is 12.8 Å². The molecule has 0 aromatic carbocycles. The van der Waals surface area contributed by atoms with Crippen LogP contribution in [0.1, 0.15) is 37.1 Å². The second-order valence-electron chi connectivity index (χ2n) is 12.1. The lowest BCUT2D eigenvalue weighted by atomic mass is 9.72. The molecular formula is C38H34N6O2. The molecule has 0 amide bonds. The van der Waals surface area contributed by atoms with Crippen LogP contribution in [0, 0.1) is 0 Å². The minimum Gasteiger partial charge on any atom is -0.389 e. The predicted octanol–water partition coefficient (Wildman–Crippen LogP) is 6.55. The lowest BCUT2D eigenvalue weighted by Gasteiger charge is -2.41. The molecule has 0 bridgehead atoms. The van der Waals surface area contributed by atoms with Gasteiger partial charge in [0.25, 0.3) is 0 Å². The van der Waals surface area contributed by atoms with Crippen LogP contribution in [0.2, 0.25) is 0 Å². The van der Waals surface area contributed by atoms with E-state index in [0.29, 0.717) is 38.5 Å². The first kappa shape index (κ1) is 29.5. The molecule has 6 heterocycles. The standard InChI is InChI=1S/C38H34N6O2/c45-37(25-27-9-5-13-33(41-27)35-17-7-15-31(43-35)29-11-1-3-23-39-29)19-21-38(46,22-20-37)26-28-10-6-14-34(42-28)36-18-8-16-32(44-36)30-12-2-4-24-40-30/h1-18,23-24,45-46H,19-22,25-26H2. The second kappa shape index (κ2) is 12.7. The van der Waals surface area contributed by atoms with Crippen molar-refractivity contribution in [2.24, 2.45) is 0 Å². The highest BCUT2D eigenvalue weighted by atomic mass is 16.3. The van der Waals surface area contributed by atoms with E-state index >= 15 is 0 Å². The predicted molar refractivity (Wildman–Crippen MR) is 177 cm³/mol. The number of pyridine rings is 6. The highest BCUT2D eigenvalue weighted by molar-refractivity contribution is 5.62. The maximum atomic E-state index is 11.6. The smallest absolute Gasteiger partial charge is 0.0894 e. The van der Waals surface area contributed by atoms with Crippen LogP contribution < -0.4 is 0 Å². The molecular weight excluding hydrogens is 572 g/mol. The summed E-state index contributed by atoms with van der Waals surface area (Å²) in [5.74, 6) is 0. The van der Waals surface area contributed by atoms with E-state index in [1.807, 2.05) is 109 Å². The highest BCUT2D eigenvalue weighted by Gasteiger charge is 2.41. The van der Waals surface area contributed by atoms with Gasteiger partial charge in [0.05, 0.1) is 56.8 Å². The summed E-state index contributed by atoms with van der Waals surface area (Å²) in [5, 5.41) is 23.2. The first-order chi connectivity index (χ1) is 22.4. The normalized spacial score (nSPS) is 19.5. The number of hydrogen-bond donors (Lipinski definition) is 2. The first-order valence-corrected chi connectivity index (χ1v) is 15.6. The molecule has 1 saturated carbocycles. The van der Waals surface area contributed by atoms with E-state index in [1.165, 1.54) is 0 Å². The van der Waals surface area contributed by atoms with Gasteiger partial charge < -0.3 is 10.2 Å². The molecule has 46 heavy (non-hydrogen) atoms. The molecule has 0 saturated heterocycles. The van der Waals surface area contributed by atoms with Gasteiger partial charge in [-0.2, -0.15) is 0 Å². The van der Waals surface area contributed by atoms with Crippen molar-refractivity contribution in [3.05, 3.63) is 133 Å². The summed E-state index contributed by atoms with van der Waals surface area (Å²) in [7, 11) is 0. The largest absolute Gasteiger partial charge is 0.389 e. The van der Waals surface area contributed by atoms with Crippen molar-refractivity contribution in [2.45, 2.75) is 49.7 Å². The Morgan fingerprint density at radius 1 is 0.391 bits per heavy atom. The quantitative estimate of drug-likeness (QED) is 0.200. The van der Waals surface area contributed by atoms with Crippen molar-refractivity contribution in [1.82, 2.24) is 29.9 Å². The Labute approximate surface area is 268 Å². The van der Waals surface area contributed by atoms with Crippen molar-refractivity contribution in [2.75, 3.05) is 0 Å². The van der Waals surface area contributed by atoms with Crippen LogP contribution in [0.25, 0.3) is 45.6 Å². The van der Waals surface area contributed by atoms with Gasteiger partial charge in [0.1, 0.15) is 0 Å². The molecule has 0 radical (unpaired) electrons. The van der Waals surface area contributed by atoms with Gasteiger partial charge >= 0.3 is 0 Å². The zero-order chi connectivity index (χ0) is 31.4. The average Bonchev–Trinajstić information content (AvgIpc) is 3.11. The molecule has 8 heteroatoms. The van der Waals surface area contributed by atoms with E-state index in [0.717, 1.165) is 56.9 Å². The molecule has 7 rings (SSSR count). The fourth-order valence-electron chi connectivity index (χ4n) is 6.12. The van der Waals surface area contributed by atoms with Crippen LogP contribution in [0.3, 0.4) is 0 Å². The van der Waals surface area contributed by atoms with Crippen molar-refractivity contribution < 1.29 is 10.2 Å². The number of hydrogen-bond acceptors (Lipinski definition) is 8. The van der Waals surface area contributed by atoms with Gasteiger partial charge in [-0.1, -0.05) is 36.4 Å². The molecule has 1 aliphatic rings. The van der Waals surface area contributed by atoms with Gasteiger partial charge in [-0.25, -0.2) is 9.97 Å². The first-order valence-electron chi connectivity index (χ1n) is 15.6. The van der Waals surface area contributed by atoms with Crippen LogP contribution in [0.5, 0.6) is 0 Å². The maximum Gasteiger partial charge on any atom is 0.0894 e. The van der Waals surface area contributed by atoms with Crippen molar-refractivity contribution in [3.8, 4) is 45.6 Å². The van der Waals surface area contributed by atoms with Crippen LogP contribution in [-0.4, -0.2) is 51.3 Å². The summed E-state index contributed by atoms with van der Waals surface area (Å²) in [6, 6.07) is 34.8. The van der Waals surface area contributed by atoms with Crippen LogP contribution in [0.4, 0.5) is 0 Å². The van der Waals surface area contributed by atoms with Gasteiger partial charge in [-0.15, -0.1) is 0 Å². The lowest BCUT2D eigenvalue weighted by Crippen LogP contribution is -2.45. The Balaban J connectivity index is 1.01. The van der Waals surface area contributed by atoms with Crippen molar-refractivity contribution in [3.63, 3.8) is 0 Å². The third kappa shape index (κ3) is 6.73. The summed E-state index contributed by atoms with van der Waals surface area (Å²) in [4.78, 5) is 28.1. The van der Waals surface area contributed by atoms with E-state index in [1.54, 1.807) is 12.4 Å². The SMILES string of the molecule is OC1(Cc2cccc(-c3cccc(-c4ccccn4)n3)n2)CCC(O)(Cc2cccc(-c3cccc(-c4ccccn4)n3)n2)CC1. The lowest BCUT2D eigenvalue weighted by molar-refractivity contribution is -0.0805. The van der Waals surface area contributed by atoms with Gasteiger partial charge in [0, 0.05) is 36.6 Å². The monoisotopic (exact) mass is 606 g/mol. The molecule has 0 spiro atoms. The molecule has 0 unspecified atom stereocenters. The zero-order valence-electron chi connectivity index (χ0n) is 25.4. The summed E-state index contributed by atoms with van der Waals surface area (Å²) in [6.07, 6.45) is 6.19. The van der Waals surface area contributed by atoms with Gasteiger partial charge in [0.2, 0.25) is 0 Å². The van der Waals surface area contributed by atoms with Crippen molar-refractivity contribution >= 4 is 0 Å². The molecule has 1 fully saturated rings. The summed E-state index contributed by atoms with van der Waals surface area (Å²) >= 11 is 0. The minimum atomic E-state index is -0.952. The molecule has 2 N–H and O–H groups in total. The number of rotatable bonds is 8. The van der Waals surface area contributed by atoms with E-state index < -0.39 is 11.2 Å². The summed E-state index contributed by atoms with van der Waals surface area (Å²) in [5.41, 5.74) is 5.86. The van der Waals surface area contributed by atoms with E-state index in [2.05, 4.69) is 9.97 Å². The Hall–Kier alpha value is -5.18. The molecule has 6 aromatic rings. The topological polar surface area (TPSA) is 118 Å². The highest BCUT2D eigenvalue weighted by Crippen LogP contribution is 2.39. The van der Waals surface area contributed by atoms with Gasteiger partial charge in [-0.3, -0.25) is 19.9 Å². The Bertz CT molecular complexity index is 1800. The van der Waals surface area contributed by atoms with Crippen molar-refractivity contribution in [1.29, 1.82) is 0 Å². The zero-order valence-corrected chi connectivity index (χ0v) is 25.4. The number of nitrogens with zero attached hydrogens (tertiary/aromatic N) is 6. The molecule has 8 nitrogen and oxygen atoms in total. The van der Waals surface area contributed by atoms with Crippen LogP contribution >= 0.6 is 0 Å². The molecule has 228 valence electrons. The van der Waals surface area contributed by atoms with E-state index in [4.69, 9.17) is 19.9 Å². The Morgan fingerprint density at radius 3 is 1.09 bits per heavy atom. The molecule has 0 atom stereocenters. The van der Waals surface area contributed by atoms with Gasteiger partial charge in [0.15, 0.2) is 0 Å². The Morgan fingerprint density at radius 2 is 0.717 bits per heavy atom.